The minimum atomic E-state index is -0.502. The van der Waals surface area contributed by atoms with Gasteiger partial charge in [-0.3, -0.25) is 14.9 Å². The molecule has 0 N–H and O–H groups in total. The van der Waals surface area contributed by atoms with Gasteiger partial charge >= 0.3 is 0 Å². The zero-order chi connectivity index (χ0) is 12.1. The summed E-state index contributed by atoms with van der Waals surface area (Å²) in [5, 5.41) is 10.5. The van der Waals surface area contributed by atoms with E-state index < -0.39 is 4.92 Å². The summed E-state index contributed by atoms with van der Waals surface area (Å²) in [7, 11) is 0. The summed E-state index contributed by atoms with van der Waals surface area (Å²) in [6, 6.07) is 5.79. The lowest BCUT2D eigenvalue weighted by Crippen LogP contribution is -1.98. The normalized spacial score (nSPS) is 9.62. The van der Waals surface area contributed by atoms with Gasteiger partial charge in [-0.25, -0.2) is 0 Å². The van der Waals surface area contributed by atoms with E-state index in [0.717, 1.165) is 5.57 Å². The van der Waals surface area contributed by atoms with Gasteiger partial charge in [0.05, 0.1) is 4.92 Å². The number of carbonyl (C=O) groups is 1. The van der Waals surface area contributed by atoms with Crippen LogP contribution in [0.2, 0.25) is 0 Å². The molecule has 0 heterocycles. The van der Waals surface area contributed by atoms with Gasteiger partial charge < -0.3 is 0 Å². The molecule has 0 aliphatic heterocycles. The molecule has 0 aromatic heterocycles. The first kappa shape index (κ1) is 12.1. The molecule has 0 saturated heterocycles. The third-order valence-electron chi connectivity index (χ3n) is 2.07. The number of ketones is 1. The molecule has 84 valence electrons. The first-order chi connectivity index (χ1) is 7.50. The van der Waals surface area contributed by atoms with Crippen LogP contribution < -0.4 is 0 Å². The highest BCUT2D eigenvalue weighted by Gasteiger charge is 2.10. The second-order valence-electron chi connectivity index (χ2n) is 3.72. The lowest BCUT2D eigenvalue weighted by molar-refractivity contribution is -0.384. The highest BCUT2D eigenvalue weighted by Crippen LogP contribution is 2.14. The minimum absolute atomic E-state index is 0.0527. The number of Topliss-reactive ketones (excluding diaryl/α,β-unsaturated/α-hetero) is 1. The van der Waals surface area contributed by atoms with Crippen LogP contribution in [0.15, 0.2) is 35.9 Å². The van der Waals surface area contributed by atoms with E-state index in [1.54, 1.807) is 12.1 Å². The highest BCUT2D eigenvalue weighted by atomic mass is 16.6. The van der Waals surface area contributed by atoms with Crippen molar-refractivity contribution in [2.24, 2.45) is 0 Å². The Morgan fingerprint density at radius 3 is 2.69 bits per heavy atom. The lowest BCUT2D eigenvalue weighted by atomic mass is 10.1. The summed E-state index contributed by atoms with van der Waals surface area (Å²) in [5.74, 6) is -0.107. The van der Waals surface area contributed by atoms with Crippen LogP contribution in [0.25, 0.3) is 0 Å². The summed E-state index contributed by atoms with van der Waals surface area (Å²) in [5.41, 5.74) is 1.38. The molecule has 0 saturated carbocycles. The smallest absolute Gasteiger partial charge is 0.270 e. The molecule has 0 bridgehead atoms. The molecule has 0 aliphatic rings. The molecular weight excluding hydrogens is 206 g/mol. The molecule has 16 heavy (non-hydrogen) atoms. The predicted octanol–water partition coefficient (Wildman–Crippen LogP) is 3.13. The standard InChI is InChI=1S/C12H13NO3/c1-9(2)6-7-12(14)10-4-3-5-11(8-10)13(15)16/h3-6,8H,7H2,1-2H3. The Hall–Kier alpha value is -1.97. The molecule has 1 aromatic rings. The Balaban J connectivity index is 2.88. The fourth-order valence-corrected chi connectivity index (χ4v) is 1.21. The number of benzene rings is 1. The van der Waals surface area contributed by atoms with Crippen LogP contribution in [0, 0.1) is 10.1 Å². The van der Waals surface area contributed by atoms with Crippen molar-refractivity contribution in [3.63, 3.8) is 0 Å². The Morgan fingerprint density at radius 1 is 1.44 bits per heavy atom. The van der Waals surface area contributed by atoms with Crippen LogP contribution in [0.5, 0.6) is 0 Å². The number of nitrogens with zero attached hydrogens (tertiary/aromatic N) is 1. The lowest BCUT2D eigenvalue weighted by Gasteiger charge is -1.98. The monoisotopic (exact) mass is 219 g/mol. The van der Waals surface area contributed by atoms with Crippen molar-refractivity contribution in [2.75, 3.05) is 0 Å². The number of carbonyl (C=O) groups excluding carboxylic acids is 1. The number of rotatable bonds is 4. The van der Waals surface area contributed by atoms with E-state index in [2.05, 4.69) is 0 Å². The summed E-state index contributed by atoms with van der Waals surface area (Å²) in [6.07, 6.45) is 2.09. The van der Waals surface area contributed by atoms with Crippen molar-refractivity contribution < 1.29 is 9.72 Å². The maximum Gasteiger partial charge on any atom is 0.270 e. The van der Waals surface area contributed by atoms with Gasteiger partial charge in [0.2, 0.25) is 0 Å². The average molecular weight is 219 g/mol. The first-order valence-corrected chi connectivity index (χ1v) is 4.91. The number of hydrogen-bond donors (Lipinski definition) is 0. The van der Waals surface area contributed by atoms with Crippen molar-refractivity contribution in [1.29, 1.82) is 0 Å². The Bertz CT molecular complexity index is 445. The van der Waals surface area contributed by atoms with Crippen LogP contribution in [0.3, 0.4) is 0 Å². The Labute approximate surface area is 93.7 Å². The van der Waals surface area contributed by atoms with Crippen LogP contribution in [-0.4, -0.2) is 10.7 Å². The minimum Gasteiger partial charge on any atom is -0.294 e. The van der Waals surface area contributed by atoms with E-state index in [-0.39, 0.29) is 17.9 Å². The molecule has 4 heteroatoms. The highest BCUT2D eigenvalue weighted by molar-refractivity contribution is 5.97. The van der Waals surface area contributed by atoms with Gasteiger partial charge in [0.15, 0.2) is 5.78 Å². The zero-order valence-corrected chi connectivity index (χ0v) is 9.27. The summed E-state index contributed by atoms with van der Waals surface area (Å²) < 4.78 is 0. The number of hydrogen-bond acceptors (Lipinski definition) is 3. The molecule has 0 spiro atoms. The summed E-state index contributed by atoms with van der Waals surface area (Å²) in [4.78, 5) is 21.7. The number of non-ortho nitro benzene ring substituents is 1. The van der Waals surface area contributed by atoms with Crippen molar-refractivity contribution in [3.05, 3.63) is 51.6 Å². The fraction of sp³-hybridized carbons (Fsp3) is 0.250. The van der Waals surface area contributed by atoms with Crippen molar-refractivity contribution in [3.8, 4) is 0 Å². The second kappa shape index (κ2) is 5.21. The Morgan fingerprint density at radius 2 is 2.12 bits per heavy atom. The van der Waals surface area contributed by atoms with Gasteiger partial charge in [-0.15, -0.1) is 0 Å². The predicted molar refractivity (Wildman–Crippen MR) is 61.5 cm³/mol. The number of allylic oxidation sites excluding steroid dienone is 2. The molecule has 0 radical (unpaired) electrons. The SMILES string of the molecule is CC(C)=CCC(=O)c1cccc([N+](=O)[O-])c1. The number of nitro groups is 1. The second-order valence-corrected chi connectivity index (χ2v) is 3.72. The van der Waals surface area contributed by atoms with E-state index in [1.165, 1.54) is 18.2 Å². The molecule has 4 nitrogen and oxygen atoms in total. The third-order valence-corrected chi connectivity index (χ3v) is 2.07. The van der Waals surface area contributed by atoms with Crippen LogP contribution >= 0.6 is 0 Å². The average Bonchev–Trinajstić information content (AvgIpc) is 2.26. The number of nitro benzene ring substituents is 1. The van der Waals surface area contributed by atoms with Gasteiger partial charge in [-0.1, -0.05) is 23.8 Å². The van der Waals surface area contributed by atoms with E-state index in [9.17, 15) is 14.9 Å². The molecule has 0 atom stereocenters. The third kappa shape index (κ3) is 3.31. The quantitative estimate of drug-likeness (QED) is 0.338. The van der Waals surface area contributed by atoms with Gasteiger partial charge in [0.25, 0.3) is 5.69 Å². The van der Waals surface area contributed by atoms with Gasteiger partial charge in [-0.2, -0.15) is 0 Å². The molecule has 1 aromatic carbocycles. The molecule has 0 amide bonds. The first-order valence-electron chi connectivity index (χ1n) is 4.91. The van der Waals surface area contributed by atoms with E-state index >= 15 is 0 Å². The molecule has 0 fully saturated rings. The van der Waals surface area contributed by atoms with Gasteiger partial charge in [-0.05, 0) is 13.8 Å². The molecular formula is C12H13NO3. The largest absolute Gasteiger partial charge is 0.294 e. The molecule has 0 aliphatic carbocycles. The van der Waals surface area contributed by atoms with Crippen molar-refractivity contribution in [1.82, 2.24) is 0 Å². The van der Waals surface area contributed by atoms with Crippen LogP contribution in [-0.2, 0) is 0 Å². The Kier molecular flexibility index (Phi) is 3.94. The topological polar surface area (TPSA) is 60.2 Å². The van der Waals surface area contributed by atoms with Gasteiger partial charge in [0, 0.05) is 24.1 Å². The van der Waals surface area contributed by atoms with E-state index in [4.69, 9.17) is 0 Å². The van der Waals surface area contributed by atoms with Crippen LogP contribution in [0.4, 0.5) is 5.69 Å². The molecule has 0 unspecified atom stereocenters. The van der Waals surface area contributed by atoms with E-state index in [0.29, 0.717) is 5.56 Å². The molecule has 1 rings (SSSR count). The zero-order valence-electron chi connectivity index (χ0n) is 9.27. The fourth-order valence-electron chi connectivity index (χ4n) is 1.21. The van der Waals surface area contributed by atoms with Crippen molar-refractivity contribution >= 4 is 11.5 Å². The van der Waals surface area contributed by atoms with E-state index in [1.807, 2.05) is 13.8 Å². The van der Waals surface area contributed by atoms with Crippen molar-refractivity contribution in [2.45, 2.75) is 20.3 Å². The maximum atomic E-state index is 11.7. The summed E-state index contributed by atoms with van der Waals surface area (Å²) in [6.45, 7) is 3.81. The maximum absolute atomic E-state index is 11.7. The van der Waals surface area contributed by atoms with Crippen LogP contribution in [0.1, 0.15) is 30.6 Å². The summed E-state index contributed by atoms with van der Waals surface area (Å²) >= 11 is 0. The van der Waals surface area contributed by atoms with Gasteiger partial charge in [0.1, 0.15) is 0 Å².